The van der Waals surface area contributed by atoms with Gasteiger partial charge in [0.2, 0.25) is 0 Å². The van der Waals surface area contributed by atoms with E-state index >= 15 is 0 Å². The van der Waals surface area contributed by atoms with Crippen LogP contribution in [-0.2, 0) is 0 Å². The summed E-state index contributed by atoms with van der Waals surface area (Å²) in [5.41, 5.74) is 6.07. The number of hydrogen-bond donors (Lipinski definition) is 2. The predicted molar refractivity (Wildman–Crippen MR) is 72.6 cm³/mol. The molecule has 0 radical (unpaired) electrons. The molecule has 0 spiro atoms. The van der Waals surface area contributed by atoms with Gasteiger partial charge in [-0.05, 0) is 18.1 Å². The standard InChI is InChI=1S/C12H18N2O3S/c1-8(2)12(13)11(7-15)18-10-5-3-9(4-6-10)14(16)17/h3-6,8,11-12,15H,7,13H2,1-2H3. The smallest absolute Gasteiger partial charge is 0.269 e. The van der Waals surface area contributed by atoms with Crippen LogP contribution in [0.1, 0.15) is 13.8 Å². The van der Waals surface area contributed by atoms with Crippen molar-refractivity contribution < 1.29 is 10.0 Å². The van der Waals surface area contributed by atoms with Crippen molar-refractivity contribution in [1.29, 1.82) is 0 Å². The Hall–Kier alpha value is -1.11. The lowest BCUT2D eigenvalue weighted by atomic mass is 10.0. The van der Waals surface area contributed by atoms with Crippen LogP contribution in [0.5, 0.6) is 0 Å². The number of nitrogens with zero attached hydrogens (tertiary/aromatic N) is 1. The van der Waals surface area contributed by atoms with Crippen LogP contribution in [-0.4, -0.2) is 27.9 Å². The predicted octanol–water partition coefficient (Wildman–Crippen LogP) is 2.03. The van der Waals surface area contributed by atoms with Gasteiger partial charge < -0.3 is 10.8 Å². The molecule has 0 heterocycles. The van der Waals surface area contributed by atoms with Crippen LogP contribution in [0.4, 0.5) is 5.69 Å². The zero-order valence-electron chi connectivity index (χ0n) is 10.4. The topological polar surface area (TPSA) is 89.4 Å². The maximum atomic E-state index is 10.5. The molecule has 5 nitrogen and oxygen atoms in total. The van der Waals surface area contributed by atoms with Gasteiger partial charge in [-0.25, -0.2) is 0 Å². The largest absolute Gasteiger partial charge is 0.395 e. The molecule has 2 unspecified atom stereocenters. The summed E-state index contributed by atoms with van der Waals surface area (Å²) in [6, 6.07) is 6.15. The van der Waals surface area contributed by atoms with Gasteiger partial charge in [0.15, 0.2) is 0 Å². The van der Waals surface area contributed by atoms with Crippen LogP contribution in [0.2, 0.25) is 0 Å². The molecule has 0 aromatic heterocycles. The Morgan fingerprint density at radius 3 is 2.33 bits per heavy atom. The van der Waals surface area contributed by atoms with Crippen molar-refractivity contribution in [1.82, 2.24) is 0 Å². The highest BCUT2D eigenvalue weighted by Crippen LogP contribution is 2.28. The number of hydrogen-bond acceptors (Lipinski definition) is 5. The first-order valence-electron chi connectivity index (χ1n) is 5.73. The molecule has 0 aliphatic carbocycles. The Bertz CT molecular complexity index is 395. The SMILES string of the molecule is CC(C)C(N)C(CO)Sc1ccc([N+](=O)[O-])cc1. The highest BCUT2D eigenvalue weighted by Gasteiger charge is 2.21. The van der Waals surface area contributed by atoms with Gasteiger partial charge in [-0.2, -0.15) is 0 Å². The van der Waals surface area contributed by atoms with Crippen molar-refractivity contribution in [3.8, 4) is 0 Å². The maximum Gasteiger partial charge on any atom is 0.269 e. The molecular formula is C12H18N2O3S. The van der Waals surface area contributed by atoms with E-state index in [0.29, 0.717) is 0 Å². The molecular weight excluding hydrogens is 252 g/mol. The minimum atomic E-state index is -0.433. The monoisotopic (exact) mass is 270 g/mol. The summed E-state index contributed by atoms with van der Waals surface area (Å²) in [6.07, 6.45) is 0. The number of nitrogens with two attached hydrogens (primary N) is 1. The van der Waals surface area contributed by atoms with Gasteiger partial charge in [0.1, 0.15) is 0 Å². The summed E-state index contributed by atoms with van der Waals surface area (Å²) in [6.45, 7) is 3.99. The van der Waals surface area contributed by atoms with E-state index in [-0.39, 0.29) is 29.5 Å². The number of thioether (sulfide) groups is 1. The van der Waals surface area contributed by atoms with Gasteiger partial charge >= 0.3 is 0 Å². The van der Waals surface area contributed by atoms with Crippen molar-refractivity contribution >= 4 is 17.4 Å². The van der Waals surface area contributed by atoms with E-state index in [0.717, 1.165) is 4.90 Å². The average molecular weight is 270 g/mol. The molecule has 0 fully saturated rings. The van der Waals surface area contributed by atoms with E-state index in [1.807, 2.05) is 13.8 Å². The van der Waals surface area contributed by atoms with Crippen molar-refractivity contribution in [2.45, 2.75) is 30.0 Å². The summed E-state index contributed by atoms with van der Waals surface area (Å²) in [5, 5.41) is 19.8. The summed E-state index contributed by atoms with van der Waals surface area (Å²) >= 11 is 1.45. The van der Waals surface area contributed by atoms with E-state index in [4.69, 9.17) is 5.73 Å². The molecule has 3 N–H and O–H groups in total. The van der Waals surface area contributed by atoms with Crippen molar-refractivity contribution in [3.63, 3.8) is 0 Å². The molecule has 0 aliphatic heterocycles. The third-order valence-electron chi connectivity index (χ3n) is 2.71. The normalized spacial score (nSPS) is 14.5. The van der Waals surface area contributed by atoms with Gasteiger partial charge in [-0.3, -0.25) is 10.1 Å². The minimum absolute atomic E-state index is 0.0129. The first-order valence-corrected chi connectivity index (χ1v) is 6.61. The first kappa shape index (κ1) is 14.9. The molecule has 6 heteroatoms. The van der Waals surface area contributed by atoms with E-state index in [1.54, 1.807) is 12.1 Å². The average Bonchev–Trinajstić information content (AvgIpc) is 2.35. The van der Waals surface area contributed by atoms with Gasteiger partial charge in [0, 0.05) is 28.3 Å². The lowest BCUT2D eigenvalue weighted by Gasteiger charge is -2.24. The Balaban J connectivity index is 2.73. The van der Waals surface area contributed by atoms with Crippen molar-refractivity contribution in [2.24, 2.45) is 11.7 Å². The Labute approximate surface area is 111 Å². The molecule has 0 saturated heterocycles. The number of rotatable bonds is 6. The van der Waals surface area contributed by atoms with Crippen LogP contribution in [0.15, 0.2) is 29.2 Å². The fourth-order valence-corrected chi connectivity index (χ4v) is 2.68. The quantitative estimate of drug-likeness (QED) is 0.469. The Morgan fingerprint density at radius 2 is 1.94 bits per heavy atom. The summed E-state index contributed by atoms with van der Waals surface area (Å²) in [7, 11) is 0. The molecule has 0 saturated carbocycles. The molecule has 18 heavy (non-hydrogen) atoms. The Kier molecular flexibility index (Phi) is 5.58. The van der Waals surface area contributed by atoms with Crippen LogP contribution < -0.4 is 5.73 Å². The van der Waals surface area contributed by atoms with Crippen molar-refractivity contribution in [3.05, 3.63) is 34.4 Å². The number of nitro groups is 1. The van der Waals surface area contributed by atoms with E-state index in [2.05, 4.69) is 0 Å². The van der Waals surface area contributed by atoms with Gasteiger partial charge in [0.05, 0.1) is 11.5 Å². The number of nitro benzene ring substituents is 1. The highest BCUT2D eigenvalue weighted by molar-refractivity contribution is 8.00. The highest BCUT2D eigenvalue weighted by atomic mass is 32.2. The molecule has 1 aromatic rings. The molecule has 0 amide bonds. The second-order valence-electron chi connectivity index (χ2n) is 4.41. The minimum Gasteiger partial charge on any atom is -0.395 e. The molecule has 1 rings (SSSR count). The third kappa shape index (κ3) is 3.97. The fraction of sp³-hybridized carbons (Fsp3) is 0.500. The summed E-state index contributed by atoms with van der Waals surface area (Å²) in [5.74, 6) is 0.271. The first-order chi connectivity index (χ1) is 8.45. The Morgan fingerprint density at radius 1 is 1.39 bits per heavy atom. The van der Waals surface area contributed by atoms with Gasteiger partial charge in [-0.1, -0.05) is 13.8 Å². The van der Waals surface area contributed by atoms with Crippen LogP contribution in [0.25, 0.3) is 0 Å². The molecule has 100 valence electrons. The maximum absolute atomic E-state index is 10.5. The van der Waals surface area contributed by atoms with Crippen LogP contribution in [0.3, 0.4) is 0 Å². The van der Waals surface area contributed by atoms with Crippen LogP contribution in [0, 0.1) is 16.0 Å². The second kappa shape index (κ2) is 6.72. The fourth-order valence-electron chi connectivity index (χ4n) is 1.49. The third-order valence-corrected chi connectivity index (χ3v) is 4.02. The zero-order chi connectivity index (χ0) is 13.7. The van der Waals surface area contributed by atoms with E-state index < -0.39 is 4.92 Å². The number of aliphatic hydroxyl groups excluding tert-OH is 1. The van der Waals surface area contributed by atoms with Crippen molar-refractivity contribution in [2.75, 3.05) is 6.61 Å². The van der Waals surface area contributed by atoms with Gasteiger partial charge in [-0.15, -0.1) is 11.8 Å². The molecule has 0 bridgehead atoms. The van der Waals surface area contributed by atoms with E-state index in [1.165, 1.54) is 23.9 Å². The van der Waals surface area contributed by atoms with E-state index in [9.17, 15) is 15.2 Å². The lowest BCUT2D eigenvalue weighted by molar-refractivity contribution is -0.384. The number of benzene rings is 1. The number of non-ortho nitro benzene ring substituents is 1. The zero-order valence-corrected chi connectivity index (χ0v) is 11.3. The molecule has 0 aliphatic rings. The number of aliphatic hydroxyl groups is 1. The van der Waals surface area contributed by atoms with Crippen LogP contribution >= 0.6 is 11.8 Å². The molecule has 1 aromatic carbocycles. The summed E-state index contributed by atoms with van der Waals surface area (Å²) in [4.78, 5) is 11.0. The lowest BCUT2D eigenvalue weighted by Crippen LogP contribution is -2.39. The van der Waals surface area contributed by atoms with Gasteiger partial charge in [0.25, 0.3) is 5.69 Å². The second-order valence-corrected chi connectivity index (χ2v) is 5.72. The molecule has 2 atom stereocenters. The summed E-state index contributed by atoms with van der Waals surface area (Å²) < 4.78 is 0.